The maximum absolute atomic E-state index is 12.8. The molecular weight excluding hydrogens is 310 g/mol. The van der Waals surface area contributed by atoms with Crippen LogP contribution in [-0.4, -0.2) is 38.9 Å². The van der Waals surface area contributed by atoms with Gasteiger partial charge in [-0.2, -0.15) is 9.57 Å². The number of rotatable bonds is 4. The van der Waals surface area contributed by atoms with Gasteiger partial charge in [-0.25, -0.2) is 8.42 Å². The van der Waals surface area contributed by atoms with E-state index < -0.39 is 10.0 Å². The van der Waals surface area contributed by atoms with E-state index in [1.807, 2.05) is 13.1 Å². The molecule has 1 aliphatic heterocycles. The molecule has 7 heteroatoms. The average Bonchev–Trinajstić information content (AvgIpc) is 2.47. The van der Waals surface area contributed by atoms with E-state index in [0.29, 0.717) is 18.7 Å². The molecule has 1 aromatic rings. The summed E-state index contributed by atoms with van der Waals surface area (Å²) in [5.41, 5.74) is 0.351. The predicted molar refractivity (Wildman–Crippen MR) is 81.6 cm³/mol. The van der Waals surface area contributed by atoms with Crippen LogP contribution in [0.1, 0.15) is 24.8 Å². The first-order valence-corrected chi connectivity index (χ1v) is 8.68. The quantitative estimate of drug-likeness (QED) is 0.917. The van der Waals surface area contributed by atoms with Gasteiger partial charge in [0, 0.05) is 19.1 Å². The molecule has 0 aromatic heterocycles. The number of nitrogens with one attached hydrogen (secondary N) is 1. The second-order valence-corrected chi connectivity index (χ2v) is 7.35. The van der Waals surface area contributed by atoms with Crippen LogP contribution in [0.5, 0.6) is 0 Å². The Morgan fingerprint density at radius 3 is 2.86 bits per heavy atom. The molecule has 0 saturated carbocycles. The van der Waals surface area contributed by atoms with Crippen molar-refractivity contribution in [2.24, 2.45) is 0 Å². The summed E-state index contributed by atoms with van der Waals surface area (Å²) in [7, 11) is -1.82. The Morgan fingerprint density at radius 2 is 2.24 bits per heavy atom. The first-order chi connectivity index (χ1) is 10.0. The second kappa shape index (κ2) is 6.75. The zero-order valence-corrected chi connectivity index (χ0v) is 13.4. The molecule has 21 heavy (non-hydrogen) atoms. The molecule has 1 heterocycles. The first-order valence-electron chi connectivity index (χ1n) is 6.87. The number of piperidine rings is 1. The Bertz CT molecular complexity index is 653. The monoisotopic (exact) mass is 327 g/mol. The lowest BCUT2D eigenvalue weighted by atomic mass is 10.1. The summed E-state index contributed by atoms with van der Waals surface area (Å²) >= 11 is 6.06. The van der Waals surface area contributed by atoms with Crippen molar-refractivity contribution >= 4 is 21.6 Å². The van der Waals surface area contributed by atoms with Crippen LogP contribution in [0.25, 0.3) is 0 Å². The zero-order valence-electron chi connectivity index (χ0n) is 11.8. The summed E-state index contributed by atoms with van der Waals surface area (Å²) in [5, 5.41) is 12.0. The highest BCUT2D eigenvalue weighted by molar-refractivity contribution is 7.89. The molecule has 0 spiro atoms. The number of hydrogen-bond acceptors (Lipinski definition) is 4. The molecule has 2 rings (SSSR count). The van der Waals surface area contributed by atoms with Crippen molar-refractivity contribution in [3.05, 3.63) is 28.8 Å². The summed E-state index contributed by atoms with van der Waals surface area (Å²) in [6.07, 6.45) is 2.72. The number of hydrogen-bond donors (Lipinski definition) is 1. The first kappa shape index (κ1) is 16.2. The van der Waals surface area contributed by atoms with Crippen molar-refractivity contribution in [2.45, 2.75) is 30.2 Å². The lowest BCUT2D eigenvalue weighted by molar-refractivity contribution is 0.249. The summed E-state index contributed by atoms with van der Waals surface area (Å²) < 4.78 is 27.2. The Kier molecular flexibility index (Phi) is 5.22. The predicted octanol–water partition coefficient (Wildman–Crippen LogP) is 1.97. The van der Waals surface area contributed by atoms with Gasteiger partial charge in [-0.05, 0) is 38.1 Å². The molecule has 1 unspecified atom stereocenters. The van der Waals surface area contributed by atoms with E-state index in [1.165, 1.54) is 22.5 Å². The number of sulfonamides is 1. The van der Waals surface area contributed by atoms with Gasteiger partial charge in [0.05, 0.1) is 16.7 Å². The number of halogens is 1. The zero-order chi connectivity index (χ0) is 15.5. The molecule has 1 aromatic carbocycles. The third kappa shape index (κ3) is 3.38. The lowest BCUT2D eigenvalue weighted by Crippen LogP contribution is -2.47. The van der Waals surface area contributed by atoms with Crippen molar-refractivity contribution in [3.63, 3.8) is 0 Å². The molecule has 1 fully saturated rings. The number of nitrogens with zero attached hydrogens (tertiary/aromatic N) is 2. The van der Waals surface area contributed by atoms with Crippen LogP contribution in [0.4, 0.5) is 0 Å². The SMILES string of the molecule is CNCC1CCCCN1S(=O)(=O)c1ccc(C#N)cc1Cl. The van der Waals surface area contributed by atoms with E-state index in [1.54, 1.807) is 0 Å². The molecule has 0 aliphatic carbocycles. The van der Waals surface area contributed by atoms with Crippen molar-refractivity contribution in [1.82, 2.24) is 9.62 Å². The fourth-order valence-electron chi connectivity index (χ4n) is 2.64. The van der Waals surface area contributed by atoms with Crippen LogP contribution in [0.2, 0.25) is 5.02 Å². The van der Waals surface area contributed by atoms with Crippen LogP contribution < -0.4 is 5.32 Å². The second-order valence-electron chi connectivity index (χ2n) is 5.08. The summed E-state index contributed by atoms with van der Waals surface area (Å²) in [6, 6.07) is 6.19. The molecule has 0 bridgehead atoms. The topological polar surface area (TPSA) is 73.2 Å². The third-order valence-corrected chi connectivity index (χ3v) is 6.10. The van der Waals surface area contributed by atoms with Crippen LogP contribution in [0.3, 0.4) is 0 Å². The van der Waals surface area contributed by atoms with Crippen molar-refractivity contribution in [1.29, 1.82) is 5.26 Å². The van der Waals surface area contributed by atoms with Gasteiger partial charge in [0.25, 0.3) is 0 Å². The van der Waals surface area contributed by atoms with E-state index in [4.69, 9.17) is 16.9 Å². The minimum atomic E-state index is -3.64. The minimum absolute atomic E-state index is 0.0551. The van der Waals surface area contributed by atoms with Gasteiger partial charge in [-0.1, -0.05) is 18.0 Å². The number of nitriles is 1. The Morgan fingerprint density at radius 1 is 1.48 bits per heavy atom. The molecule has 1 saturated heterocycles. The molecular formula is C14H18ClN3O2S. The van der Waals surface area contributed by atoms with Crippen LogP contribution in [0.15, 0.2) is 23.1 Å². The van der Waals surface area contributed by atoms with E-state index in [-0.39, 0.29) is 16.0 Å². The van der Waals surface area contributed by atoms with Crippen molar-refractivity contribution < 1.29 is 8.42 Å². The Labute approximate surface area is 130 Å². The van der Waals surface area contributed by atoms with Crippen molar-refractivity contribution in [3.8, 4) is 6.07 Å². The normalized spacial score (nSPS) is 20.1. The fraction of sp³-hybridized carbons (Fsp3) is 0.500. The van der Waals surface area contributed by atoms with Crippen LogP contribution in [0, 0.1) is 11.3 Å². The Balaban J connectivity index is 2.38. The van der Waals surface area contributed by atoms with E-state index in [9.17, 15) is 8.42 Å². The molecule has 1 atom stereocenters. The molecule has 1 aliphatic rings. The van der Waals surface area contributed by atoms with Gasteiger partial charge in [0.2, 0.25) is 10.0 Å². The van der Waals surface area contributed by atoms with E-state index in [0.717, 1.165) is 19.3 Å². The maximum Gasteiger partial charge on any atom is 0.244 e. The van der Waals surface area contributed by atoms with E-state index >= 15 is 0 Å². The van der Waals surface area contributed by atoms with Crippen molar-refractivity contribution in [2.75, 3.05) is 20.1 Å². The number of benzene rings is 1. The van der Waals surface area contributed by atoms with Crippen LogP contribution >= 0.6 is 11.6 Å². The summed E-state index contributed by atoms with van der Waals surface area (Å²) in [4.78, 5) is 0.0752. The molecule has 0 radical (unpaired) electrons. The van der Waals surface area contributed by atoms with Crippen LogP contribution in [-0.2, 0) is 10.0 Å². The fourth-order valence-corrected chi connectivity index (χ4v) is 4.85. The standard InChI is InChI=1S/C14H18ClN3O2S/c1-17-10-12-4-2-3-7-18(12)21(19,20)14-6-5-11(9-16)8-13(14)15/h5-6,8,12,17H,2-4,7,10H2,1H3. The molecule has 1 N–H and O–H groups in total. The largest absolute Gasteiger partial charge is 0.318 e. The molecule has 114 valence electrons. The highest BCUT2D eigenvalue weighted by Crippen LogP contribution is 2.30. The average molecular weight is 328 g/mol. The molecule has 0 amide bonds. The highest BCUT2D eigenvalue weighted by atomic mass is 35.5. The Hall–Kier alpha value is -1.13. The minimum Gasteiger partial charge on any atom is -0.318 e. The van der Waals surface area contributed by atoms with E-state index in [2.05, 4.69) is 5.32 Å². The maximum atomic E-state index is 12.8. The highest BCUT2D eigenvalue weighted by Gasteiger charge is 2.34. The van der Waals surface area contributed by atoms with Gasteiger partial charge in [0.15, 0.2) is 0 Å². The number of likely N-dealkylation sites (N-methyl/N-ethyl adjacent to an activating group) is 1. The molecule has 5 nitrogen and oxygen atoms in total. The van der Waals surface area contributed by atoms with Gasteiger partial charge in [-0.15, -0.1) is 0 Å². The van der Waals surface area contributed by atoms with Gasteiger partial charge >= 0.3 is 0 Å². The summed E-state index contributed by atoms with van der Waals surface area (Å²) in [5.74, 6) is 0. The third-order valence-electron chi connectivity index (χ3n) is 3.66. The summed E-state index contributed by atoms with van der Waals surface area (Å²) in [6.45, 7) is 1.12. The smallest absolute Gasteiger partial charge is 0.244 e. The lowest BCUT2D eigenvalue weighted by Gasteiger charge is -2.34. The van der Waals surface area contributed by atoms with Gasteiger partial charge in [-0.3, -0.25) is 0 Å². The van der Waals surface area contributed by atoms with Gasteiger partial charge in [0.1, 0.15) is 4.90 Å². The van der Waals surface area contributed by atoms with Gasteiger partial charge < -0.3 is 5.32 Å².